The first-order chi connectivity index (χ1) is 13.7. The number of carbonyl (C=O) groups excluding carboxylic acids is 2. The molecular formula is C24H24N2O2. The van der Waals surface area contributed by atoms with Crippen molar-refractivity contribution < 1.29 is 9.59 Å². The van der Waals surface area contributed by atoms with Gasteiger partial charge in [-0.1, -0.05) is 73.7 Å². The van der Waals surface area contributed by atoms with E-state index < -0.39 is 0 Å². The van der Waals surface area contributed by atoms with Gasteiger partial charge in [-0.3, -0.25) is 9.59 Å². The van der Waals surface area contributed by atoms with Crippen LogP contribution in [-0.4, -0.2) is 18.4 Å². The van der Waals surface area contributed by atoms with Gasteiger partial charge >= 0.3 is 0 Å². The van der Waals surface area contributed by atoms with Gasteiger partial charge in [0.15, 0.2) is 0 Å². The first-order valence-electron chi connectivity index (χ1n) is 9.45. The summed E-state index contributed by atoms with van der Waals surface area (Å²) in [6.45, 7) is 2.28. The normalized spacial score (nSPS) is 10.5. The fourth-order valence-corrected chi connectivity index (χ4v) is 3.08. The Morgan fingerprint density at radius 2 is 1.43 bits per heavy atom. The third-order valence-electron chi connectivity index (χ3n) is 4.60. The summed E-state index contributed by atoms with van der Waals surface area (Å²) < 4.78 is 0. The van der Waals surface area contributed by atoms with Crippen LogP contribution in [0.1, 0.15) is 40.7 Å². The van der Waals surface area contributed by atoms with Crippen molar-refractivity contribution in [3.63, 3.8) is 0 Å². The predicted molar refractivity (Wildman–Crippen MR) is 112 cm³/mol. The molecule has 0 heterocycles. The van der Waals surface area contributed by atoms with Crippen LogP contribution < -0.4 is 10.6 Å². The maximum Gasteiger partial charge on any atom is 0.251 e. The zero-order valence-electron chi connectivity index (χ0n) is 15.9. The van der Waals surface area contributed by atoms with Crippen LogP contribution in [0.25, 0.3) is 0 Å². The zero-order chi connectivity index (χ0) is 19.8. The van der Waals surface area contributed by atoms with Crippen LogP contribution in [-0.2, 0) is 4.79 Å². The fourth-order valence-electron chi connectivity index (χ4n) is 3.08. The molecule has 2 N–H and O–H groups in total. The molecule has 28 heavy (non-hydrogen) atoms. The molecule has 0 radical (unpaired) electrons. The number of benzene rings is 3. The van der Waals surface area contributed by atoms with Gasteiger partial charge in [0.2, 0.25) is 5.91 Å². The van der Waals surface area contributed by atoms with Crippen molar-refractivity contribution in [2.45, 2.75) is 19.3 Å². The Morgan fingerprint density at radius 1 is 0.821 bits per heavy atom. The first kappa shape index (κ1) is 19.4. The van der Waals surface area contributed by atoms with Gasteiger partial charge in [-0.15, -0.1) is 0 Å². The second-order valence-electron chi connectivity index (χ2n) is 6.57. The van der Waals surface area contributed by atoms with Crippen molar-refractivity contribution in [1.82, 2.24) is 5.32 Å². The SMILES string of the molecule is CCC(=O)Nc1cccc(C(=O)NCC(c2ccccc2)c2ccccc2)c1. The minimum absolute atomic E-state index is 0.0642. The van der Waals surface area contributed by atoms with Crippen molar-refractivity contribution in [3.8, 4) is 0 Å². The standard InChI is InChI=1S/C24H24N2O2/c1-2-23(27)26-21-15-9-14-20(16-21)24(28)25-17-22(18-10-5-3-6-11-18)19-12-7-4-8-13-19/h3-16,22H,2,17H2,1H3,(H,25,28)(H,26,27). The second-order valence-corrected chi connectivity index (χ2v) is 6.57. The minimum Gasteiger partial charge on any atom is -0.351 e. The molecule has 3 aromatic rings. The quantitative estimate of drug-likeness (QED) is 0.637. The zero-order valence-corrected chi connectivity index (χ0v) is 15.9. The summed E-state index contributed by atoms with van der Waals surface area (Å²) in [5.41, 5.74) is 3.45. The molecule has 0 fully saturated rings. The highest BCUT2D eigenvalue weighted by atomic mass is 16.2. The second kappa shape index (κ2) is 9.51. The maximum atomic E-state index is 12.7. The van der Waals surface area contributed by atoms with Crippen LogP contribution in [0, 0.1) is 0 Å². The number of carbonyl (C=O) groups is 2. The fraction of sp³-hybridized carbons (Fsp3) is 0.167. The number of hydrogen-bond donors (Lipinski definition) is 2. The lowest BCUT2D eigenvalue weighted by molar-refractivity contribution is -0.115. The third-order valence-corrected chi connectivity index (χ3v) is 4.60. The number of hydrogen-bond acceptors (Lipinski definition) is 2. The largest absolute Gasteiger partial charge is 0.351 e. The van der Waals surface area contributed by atoms with E-state index in [-0.39, 0.29) is 17.7 Å². The van der Waals surface area contributed by atoms with E-state index >= 15 is 0 Å². The molecule has 0 aliphatic rings. The van der Waals surface area contributed by atoms with Gasteiger partial charge < -0.3 is 10.6 Å². The molecule has 4 nitrogen and oxygen atoms in total. The lowest BCUT2D eigenvalue weighted by atomic mass is 9.91. The van der Waals surface area contributed by atoms with E-state index in [1.165, 1.54) is 0 Å². The summed E-state index contributed by atoms with van der Waals surface area (Å²) in [4.78, 5) is 24.3. The summed E-state index contributed by atoms with van der Waals surface area (Å²) in [6.07, 6.45) is 0.395. The van der Waals surface area contributed by atoms with E-state index in [9.17, 15) is 9.59 Å². The van der Waals surface area contributed by atoms with Gasteiger partial charge in [-0.05, 0) is 29.3 Å². The van der Waals surface area contributed by atoms with Crippen molar-refractivity contribution in [1.29, 1.82) is 0 Å². The Kier molecular flexibility index (Phi) is 6.58. The van der Waals surface area contributed by atoms with Crippen LogP contribution in [0.3, 0.4) is 0 Å². The molecule has 0 bridgehead atoms. The van der Waals surface area contributed by atoms with Gasteiger partial charge in [-0.2, -0.15) is 0 Å². The van der Waals surface area contributed by atoms with Crippen molar-refractivity contribution >= 4 is 17.5 Å². The Morgan fingerprint density at radius 3 is 2.00 bits per heavy atom. The van der Waals surface area contributed by atoms with Crippen LogP contribution in [0.15, 0.2) is 84.9 Å². The molecule has 2 amide bonds. The molecule has 0 aromatic heterocycles. The highest BCUT2D eigenvalue weighted by Crippen LogP contribution is 2.24. The van der Waals surface area contributed by atoms with Gasteiger partial charge in [0.1, 0.15) is 0 Å². The maximum absolute atomic E-state index is 12.7. The summed E-state index contributed by atoms with van der Waals surface area (Å²) in [6, 6.07) is 27.3. The highest BCUT2D eigenvalue weighted by Gasteiger charge is 2.16. The average molecular weight is 372 g/mol. The van der Waals surface area contributed by atoms with Crippen molar-refractivity contribution in [3.05, 3.63) is 102 Å². The number of nitrogens with one attached hydrogen (secondary N) is 2. The van der Waals surface area contributed by atoms with E-state index in [4.69, 9.17) is 0 Å². The molecule has 0 saturated carbocycles. The molecule has 3 rings (SSSR count). The van der Waals surface area contributed by atoms with E-state index in [1.54, 1.807) is 31.2 Å². The lowest BCUT2D eigenvalue weighted by Gasteiger charge is -2.19. The van der Waals surface area contributed by atoms with Crippen LogP contribution in [0.5, 0.6) is 0 Å². The molecule has 0 aliphatic heterocycles. The topological polar surface area (TPSA) is 58.2 Å². The molecule has 0 spiro atoms. The molecular weight excluding hydrogens is 348 g/mol. The van der Waals surface area contributed by atoms with Crippen LogP contribution in [0.2, 0.25) is 0 Å². The molecule has 0 unspecified atom stereocenters. The van der Waals surface area contributed by atoms with Crippen LogP contribution in [0.4, 0.5) is 5.69 Å². The highest BCUT2D eigenvalue weighted by molar-refractivity contribution is 5.97. The van der Waals surface area contributed by atoms with Crippen molar-refractivity contribution in [2.75, 3.05) is 11.9 Å². The molecule has 0 aliphatic carbocycles. The van der Waals surface area contributed by atoms with Gasteiger partial charge in [0, 0.05) is 30.1 Å². The Labute approximate surface area is 165 Å². The van der Waals surface area contributed by atoms with Gasteiger partial charge in [0.05, 0.1) is 0 Å². The van der Waals surface area contributed by atoms with E-state index in [2.05, 4.69) is 34.9 Å². The summed E-state index contributed by atoms with van der Waals surface area (Å²) in [5.74, 6) is -0.176. The summed E-state index contributed by atoms with van der Waals surface area (Å²) in [5, 5.41) is 5.82. The van der Waals surface area contributed by atoms with E-state index in [0.717, 1.165) is 11.1 Å². The Bertz CT molecular complexity index is 884. The lowest BCUT2D eigenvalue weighted by Crippen LogP contribution is -2.29. The van der Waals surface area contributed by atoms with E-state index in [1.807, 2.05) is 36.4 Å². The molecule has 4 heteroatoms. The Hall–Kier alpha value is -3.40. The monoisotopic (exact) mass is 372 g/mol. The van der Waals surface area contributed by atoms with Crippen molar-refractivity contribution in [2.24, 2.45) is 0 Å². The summed E-state index contributed by atoms with van der Waals surface area (Å²) >= 11 is 0. The van der Waals surface area contributed by atoms with Crippen LogP contribution >= 0.6 is 0 Å². The van der Waals surface area contributed by atoms with Gasteiger partial charge in [-0.25, -0.2) is 0 Å². The van der Waals surface area contributed by atoms with E-state index in [0.29, 0.717) is 24.2 Å². The molecule has 0 saturated heterocycles. The Balaban J connectivity index is 1.74. The molecule has 3 aromatic carbocycles. The minimum atomic E-state index is -0.163. The predicted octanol–water partition coefficient (Wildman–Crippen LogP) is 4.60. The number of anilines is 1. The first-order valence-corrected chi connectivity index (χ1v) is 9.45. The number of amides is 2. The number of rotatable bonds is 7. The average Bonchev–Trinajstić information content (AvgIpc) is 2.75. The summed E-state index contributed by atoms with van der Waals surface area (Å²) in [7, 11) is 0. The molecule has 142 valence electrons. The third kappa shape index (κ3) is 5.07. The molecule has 0 atom stereocenters. The van der Waals surface area contributed by atoms with Gasteiger partial charge in [0.25, 0.3) is 5.91 Å². The smallest absolute Gasteiger partial charge is 0.251 e.